The molecule has 0 aliphatic rings. The minimum absolute atomic E-state index is 0.0822. The van der Waals surface area contributed by atoms with Crippen molar-refractivity contribution < 1.29 is 13.2 Å². The molecule has 0 bridgehead atoms. The van der Waals surface area contributed by atoms with Crippen LogP contribution in [0.3, 0.4) is 0 Å². The number of hydrogen-bond acceptors (Lipinski definition) is 3. The fourth-order valence-corrected chi connectivity index (χ4v) is 2.77. The van der Waals surface area contributed by atoms with Gasteiger partial charge in [-0.2, -0.15) is 13.2 Å². The van der Waals surface area contributed by atoms with Crippen molar-refractivity contribution in [2.24, 2.45) is 0 Å². The van der Waals surface area contributed by atoms with Crippen molar-refractivity contribution in [2.75, 3.05) is 11.9 Å². The van der Waals surface area contributed by atoms with Crippen LogP contribution in [0.4, 0.5) is 18.9 Å². The van der Waals surface area contributed by atoms with Crippen LogP contribution in [0.5, 0.6) is 0 Å². The number of halogens is 4. The third-order valence-electron chi connectivity index (χ3n) is 2.65. The highest BCUT2D eigenvalue weighted by atomic mass is 79.9. The van der Waals surface area contributed by atoms with Crippen LogP contribution in [-0.4, -0.2) is 11.5 Å². The molecule has 1 heterocycles. The molecule has 7 heteroatoms. The van der Waals surface area contributed by atoms with Crippen LogP contribution in [0.1, 0.15) is 16.3 Å². The van der Waals surface area contributed by atoms with E-state index in [9.17, 15) is 13.2 Å². The average molecular weight is 365 g/mol. The van der Waals surface area contributed by atoms with Crippen molar-refractivity contribution in [3.8, 4) is 0 Å². The standard InChI is InChI=1S/C13H12BrF3N2S/c1-8-19-10(7-20-8)4-5-18-12-6-9(14)2-3-11(12)13(15,16)17/h2-3,6-7,18H,4-5H2,1H3. The minimum Gasteiger partial charge on any atom is -0.384 e. The van der Waals surface area contributed by atoms with Gasteiger partial charge in [0.2, 0.25) is 0 Å². The number of rotatable bonds is 4. The van der Waals surface area contributed by atoms with E-state index in [2.05, 4.69) is 26.2 Å². The van der Waals surface area contributed by atoms with Gasteiger partial charge in [0.15, 0.2) is 0 Å². The maximum absolute atomic E-state index is 12.9. The SMILES string of the molecule is Cc1nc(CCNc2cc(Br)ccc2C(F)(F)F)cs1. The van der Waals surface area contributed by atoms with Crippen LogP contribution in [0.2, 0.25) is 0 Å². The van der Waals surface area contributed by atoms with Gasteiger partial charge >= 0.3 is 6.18 Å². The highest BCUT2D eigenvalue weighted by Gasteiger charge is 2.33. The summed E-state index contributed by atoms with van der Waals surface area (Å²) in [7, 11) is 0. The summed E-state index contributed by atoms with van der Waals surface area (Å²) in [6, 6.07) is 3.90. The Hall–Kier alpha value is -1.08. The predicted octanol–water partition coefficient (Wildman–Crippen LogP) is 4.89. The van der Waals surface area contributed by atoms with E-state index < -0.39 is 11.7 Å². The first-order valence-corrected chi connectivity index (χ1v) is 7.55. The summed E-state index contributed by atoms with van der Waals surface area (Å²) in [6.07, 6.45) is -3.77. The molecule has 1 N–H and O–H groups in total. The fraction of sp³-hybridized carbons (Fsp3) is 0.308. The van der Waals surface area contributed by atoms with Gasteiger partial charge in [0.05, 0.1) is 16.3 Å². The zero-order chi connectivity index (χ0) is 14.8. The Bertz CT molecular complexity index is 596. The van der Waals surface area contributed by atoms with Gasteiger partial charge in [-0.15, -0.1) is 11.3 Å². The molecule has 0 spiro atoms. The molecule has 2 aromatic rings. The second kappa shape index (κ2) is 6.13. The molecule has 0 atom stereocenters. The Balaban J connectivity index is 2.06. The number of anilines is 1. The Morgan fingerprint density at radius 2 is 2.10 bits per heavy atom. The van der Waals surface area contributed by atoms with Gasteiger partial charge in [0.25, 0.3) is 0 Å². The number of nitrogens with one attached hydrogen (secondary N) is 1. The number of alkyl halides is 3. The Morgan fingerprint density at radius 3 is 2.70 bits per heavy atom. The molecule has 2 nitrogen and oxygen atoms in total. The number of thiazole rings is 1. The molecular formula is C13H12BrF3N2S. The molecule has 0 fully saturated rings. The molecule has 0 saturated carbocycles. The van der Waals surface area contributed by atoms with Crippen LogP contribution in [0, 0.1) is 6.92 Å². The lowest BCUT2D eigenvalue weighted by molar-refractivity contribution is -0.136. The van der Waals surface area contributed by atoms with E-state index in [4.69, 9.17) is 0 Å². The molecule has 20 heavy (non-hydrogen) atoms. The predicted molar refractivity (Wildman–Crippen MR) is 78.2 cm³/mol. The first-order valence-electron chi connectivity index (χ1n) is 5.88. The number of benzene rings is 1. The van der Waals surface area contributed by atoms with Gasteiger partial charge in [-0.3, -0.25) is 0 Å². The molecule has 0 unspecified atom stereocenters. The molecule has 108 valence electrons. The molecule has 1 aromatic heterocycles. The number of nitrogens with zero attached hydrogens (tertiary/aromatic N) is 1. The van der Waals surface area contributed by atoms with Gasteiger partial charge in [0, 0.05) is 28.5 Å². The zero-order valence-electron chi connectivity index (χ0n) is 10.6. The lowest BCUT2D eigenvalue weighted by Gasteiger charge is -2.14. The van der Waals surface area contributed by atoms with E-state index in [0.29, 0.717) is 17.4 Å². The average Bonchev–Trinajstić information content (AvgIpc) is 2.73. The van der Waals surface area contributed by atoms with E-state index in [1.807, 2.05) is 12.3 Å². The quantitative estimate of drug-likeness (QED) is 0.835. The molecule has 0 aliphatic carbocycles. The van der Waals surface area contributed by atoms with Crippen LogP contribution < -0.4 is 5.32 Å². The molecule has 0 radical (unpaired) electrons. The van der Waals surface area contributed by atoms with Crippen molar-refractivity contribution in [3.63, 3.8) is 0 Å². The molecule has 2 rings (SSSR count). The summed E-state index contributed by atoms with van der Waals surface area (Å²) in [4.78, 5) is 4.28. The van der Waals surface area contributed by atoms with Gasteiger partial charge in [-0.25, -0.2) is 4.98 Å². The van der Waals surface area contributed by atoms with Crippen LogP contribution >= 0.6 is 27.3 Å². The van der Waals surface area contributed by atoms with Crippen molar-refractivity contribution in [1.82, 2.24) is 4.98 Å². The first-order chi connectivity index (χ1) is 9.36. The fourth-order valence-electron chi connectivity index (χ4n) is 1.76. The third-order valence-corrected chi connectivity index (χ3v) is 3.97. The van der Waals surface area contributed by atoms with Crippen LogP contribution in [0.15, 0.2) is 28.1 Å². The summed E-state index contributed by atoms with van der Waals surface area (Å²) >= 11 is 4.72. The van der Waals surface area contributed by atoms with Crippen molar-refractivity contribution in [2.45, 2.75) is 19.5 Å². The lowest BCUT2D eigenvalue weighted by atomic mass is 10.1. The van der Waals surface area contributed by atoms with E-state index >= 15 is 0 Å². The smallest absolute Gasteiger partial charge is 0.384 e. The number of aromatic nitrogens is 1. The Kier molecular flexibility index (Phi) is 4.70. The molecule has 0 aliphatic heterocycles. The third kappa shape index (κ3) is 3.96. The van der Waals surface area contributed by atoms with Gasteiger partial charge in [-0.1, -0.05) is 15.9 Å². The summed E-state index contributed by atoms with van der Waals surface area (Å²) in [5.74, 6) is 0. The Morgan fingerprint density at radius 1 is 1.35 bits per heavy atom. The lowest BCUT2D eigenvalue weighted by Crippen LogP contribution is -2.12. The van der Waals surface area contributed by atoms with E-state index in [-0.39, 0.29) is 5.69 Å². The van der Waals surface area contributed by atoms with Gasteiger partial charge in [-0.05, 0) is 25.1 Å². The van der Waals surface area contributed by atoms with Crippen LogP contribution in [0.25, 0.3) is 0 Å². The summed E-state index contributed by atoms with van der Waals surface area (Å²) in [5, 5.41) is 5.71. The summed E-state index contributed by atoms with van der Waals surface area (Å²) < 4.78 is 39.2. The molecular weight excluding hydrogens is 353 g/mol. The summed E-state index contributed by atoms with van der Waals surface area (Å²) in [5.41, 5.74) is 0.317. The minimum atomic E-state index is -4.36. The van der Waals surface area contributed by atoms with E-state index in [1.165, 1.54) is 23.5 Å². The molecule has 0 saturated heterocycles. The molecule has 0 amide bonds. The normalized spacial score (nSPS) is 11.7. The van der Waals surface area contributed by atoms with Crippen molar-refractivity contribution in [3.05, 3.63) is 44.3 Å². The maximum atomic E-state index is 12.9. The second-order valence-corrected chi connectivity index (χ2v) is 6.20. The maximum Gasteiger partial charge on any atom is 0.418 e. The topological polar surface area (TPSA) is 24.9 Å². The Labute approximate surface area is 127 Å². The van der Waals surface area contributed by atoms with E-state index in [0.717, 1.165) is 16.8 Å². The molecule has 1 aromatic carbocycles. The van der Waals surface area contributed by atoms with Gasteiger partial charge in [0.1, 0.15) is 0 Å². The monoisotopic (exact) mass is 364 g/mol. The highest BCUT2D eigenvalue weighted by Crippen LogP contribution is 2.36. The van der Waals surface area contributed by atoms with Gasteiger partial charge < -0.3 is 5.32 Å². The first kappa shape index (κ1) is 15.3. The van der Waals surface area contributed by atoms with E-state index in [1.54, 1.807) is 0 Å². The van der Waals surface area contributed by atoms with Crippen LogP contribution in [-0.2, 0) is 12.6 Å². The number of hydrogen-bond donors (Lipinski definition) is 1. The zero-order valence-corrected chi connectivity index (χ0v) is 13.0. The summed E-state index contributed by atoms with van der Waals surface area (Å²) in [6.45, 7) is 2.31. The van der Waals surface area contributed by atoms with Crippen molar-refractivity contribution >= 4 is 33.0 Å². The second-order valence-electron chi connectivity index (χ2n) is 4.22. The highest BCUT2D eigenvalue weighted by molar-refractivity contribution is 9.10. The van der Waals surface area contributed by atoms with Crippen molar-refractivity contribution in [1.29, 1.82) is 0 Å². The largest absolute Gasteiger partial charge is 0.418 e. The number of aryl methyl sites for hydroxylation is 1.